The minimum absolute atomic E-state index is 0.0270. The molecule has 1 atom stereocenters. The van der Waals surface area contributed by atoms with Crippen LogP contribution in [0.5, 0.6) is 17.2 Å². The molecule has 5 aromatic rings. The zero-order valence-electron chi connectivity index (χ0n) is 39.1. The van der Waals surface area contributed by atoms with Gasteiger partial charge in [0.1, 0.15) is 23.3 Å². The number of phenols is 2. The van der Waals surface area contributed by atoms with Gasteiger partial charge in [0.15, 0.2) is 5.82 Å². The lowest BCUT2D eigenvalue weighted by molar-refractivity contribution is -0.138. The third-order valence-electron chi connectivity index (χ3n) is 12.9. The van der Waals surface area contributed by atoms with Crippen LogP contribution in [0.15, 0.2) is 91.0 Å². The number of benzene rings is 4. The summed E-state index contributed by atoms with van der Waals surface area (Å²) in [5.74, 6) is -1.07. The van der Waals surface area contributed by atoms with Crippen LogP contribution in [-0.4, -0.2) is 121 Å². The van der Waals surface area contributed by atoms with Gasteiger partial charge in [-0.15, -0.1) is 10.2 Å². The Balaban J connectivity index is 0.868. The number of primary amides is 1. The number of nitrogens with zero attached hydrogens (tertiary/aromatic N) is 6. The number of phenolic OH excluding ortho intramolecular Hbond substituents is 2. The predicted molar refractivity (Wildman–Crippen MR) is 255 cm³/mol. The lowest BCUT2D eigenvalue weighted by atomic mass is 9.93. The highest BCUT2D eigenvalue weighted by Gasteiger charge is 2.33. The summed E-state index contributed by atoms with van der Waals surface area (Å²) in [6.07, 6.45) is 3.10. The van der Waals surface area contributed by atoms with Crippen molar-refractivity contribution < 1.29 is 38.9 Å². The van der Waals surface area contributed by atoms with E-state index >= 15 is 0 Å². The molecule has 1 aromatic heterocycles. The van der Waals surface area contributed by atoms with Gasteiger partial charge in [-0.2, -0.15) is 0 Å². The molecule has 0 aliphatic carbocycles. The predicted octanol–water partition coefficient (Wildman–Crippen LogP) is 5.77. The quantitative estimate of drug-likeness (QED) is 0.0799. The summed E-state index contributed by atoms with van der Waals surface area (Å²) in [5, 5.41) is 35.4. The molecule has 0 radical (unpaired) electrons. The number of nitrogens with one attached hydrogen (secondary N) is 2. The van der Waals surface area contributed by atoms with Gasteiger partial charge in [-0.3, -0.25) is 28.6 Å². The summed E-state index contributed by atoms with van der Waals surface area (Å²) in [4.78, 5) is 70.8. The van der Waals surface area contributed by atoms with Gasteiger partial charge in [0.2, 0.25) is 17.6 Å². The van der Waals surface area contributed by atoms with Gasteiger partial charge < -0.3 is 41.1 Å². The number of nitrogens with two attached hydrogens (primary N) is 1. The molecule has 0 bridgehead atoms. The Kier molecular flexibility index (Phi) is 15.8. The van der Waals surface area contributed by atoms with Crippen molar-refractivity contribution in [3.63, 3.8) is 0 Å². The maximum absolute atomic E-state index is 13.7. The van der Waals surface area contributed by atoms with E-state index in [4.69, 9.17) is 10.5 Å². The van der Waals surface area contributed by atoms with Gasteiger partial charge in [-0.25, -0.2) is 4.79 Å². The number of rotatable bonds is 16. The maximum atomic E-state index is 13.7. The molecule has 0 spiro atoms. The molecule has 2 aliphatic heterocycles. The van der Waals surface area contributed by atoms with Gasteiger partial charge in [0.25, 0.3) is 11.8 Å². The summed E-state index contributed by atoms with van der Waals surface area (Å²) >= 11 is 0. The van der Waals surface area contributed by atoms with Crippen molar-refractivity contribution in [2.24, 2.45) is 11.7 Å². The third kappa shape index (κ3) is 11.6. The normalized spacial score (nSPS) is 15.2. The van der Waals surface area contributed by atoms with Crippen molar-refractivity contribution in [1.29, 1.82) is 0 Å². The van der Waals surface area contributed by atoms with Crippen molar-refractivity contribution >= 4 is 29.7 Å². The van der Waals surface area contributed by atoms with E-state index in [9.17, 15) is 34.2 Å². The van der Waals surface area contributed by atoms with E-state index in [1.54, 1.807) is 22.6 Å². The largest absolute Gasteiger partial charge is 0.508 e. The van der Waals surface area contributed by atoms with Crippen LogP contribution in [0, 0.1) is 5.92 Å². The van der Waals surface area contributed by atoms with E-state index in [0.717, 1.165) is 37.1 Å². The Bertz CT molecular complexity index is 2570. The zero-order chi connectivity index (χ0) is 48.5. The van der Waals surface area contributed by atoms with Gasteiger partial charge >= 0.3 is 6.09 Å². The van der Waals surface area contributed by atoms with E-state index in [1.807, 2.05) is 80.3 Å². The van der Waals surface area contributed by atoms with Crippen molar-refractivity contribution in [1.82, 2.24) is 40.1 Å². The molecule has 0 unspecified atom stereocenters. The molecule has 358 valence electrons. The SMILES string of the molecule is CCNC(=O)c1nnc(-c2cc(C(C)C)c(O)cc2O)n1-c1ccc(CN2CCC(C(=O)N3CCC(N(C)C(=O)Oc4ccc(C(=O)N[C@@H](CCc5ccccc5)C(N)=O)cc4)CC3)CC2)cc1. The molecular weight excluding hydrogens is 867 g/mol. The van der Waals surface area contributed by atoms with Crippen LogP contribution >= 0.6 is 0 Å². The van der Waals surface area contributed by atoms with E-state index in [1.165, 1.54) is 30.3 Å². The monoisotopic (exact) mass is 927 g/mol. The second-order valence-electron chi connectivity index (χ2n) is 17.9. The van der Waals surface area contributed by atoms with Crippen LogP contribution in [0.25, 0.3) is 17.1 Å². The first kappa shape index (κ1) is 48.7. The molecule has 2 aliphatic rings. The molecule has 68 heavy (non-hydrogen) atoms. The van der Waals surface area contributed by atoms with Crippen molar-refractivity contribution in [3.05, 3.63) is 119 Å². The van der Waals surface area contributed by atoms with Crippen molar-refractivity contribution in [2.45, 2.75) is 83.8 Å². The average Bonchev–Trinajstić information content (AvgIpc) is 3.78. The lowest BCUT2D eigenvalue weighted by Gasteiger charge is -2.39. The van der Waals surface area contributed by atoms with Crippen molar-refractivity contribution in [2.75, 3.05) is 39.8 Å². The highest BCUT2D eigenvalue weighted by Crippen LogP contribution is 2.38. The molecular formula is C51H61N9O8. The first-order valence-corrected chi connectivity index (χ1v) is 23.3. The molecule has 7 rings (SSSR count). The van der Waals surface area contributed by atoms with E-state index in [2.05, 4.69) is 25.7 Å². The van der Waals surface area contributed by atoms with E-state index in [0.29, 0.717) is 74.2 Å². The second kappa shape index (κ2) is 22.0. The first-order valence-electron chi connectivity index (χ1n) is 23.3. The van der Waals surface area contributed by atoms with Crippen LogP contribution in [0.2, 0.25) is 0 Å². The summed E-state index contributed by atoms with van der Waals surface area (Å²) in [6, 6.07) is 25.5. The Morgan fingerprint density at radius 2 is 1.50 bits per heavy atom. The fraction of sp³-hybridized carbons (Fsp3) is 0.392. The molecule has 17 heteroatoms. The number of aromatic nitrogens is 3. The second-order valence-corrected chi connectivity index (χ2v) is 17.9. The smallest absolute Gasteiger partial charge is 0.415 e. The van der Waals surface area contributed by atoms with Gasteiger partial charge in [0.05, 0.1) is 5.56 Å². The van der Waals surface area contributed by atoms with Crippen LogP contribution in [-0.2, 0) is 22.6 Å². The number of ether oxygens (including phenoxy) is 1. The molecule has 4 aromatic carbocycles. The number of piperidine rings is 2. The molecule has 6 N–H and O–H groups in total. The number of aromatic hydroxyl groups is 2. The number of hydrogen-bond acceptors (Lipinski definition) is 11. The molecule has 2 saturated heterocycles. The number of carbonyl (C=O) groups excluding carboxylic acids is 5. The van der Waals surface area contributed by atoms with Crippen LogP contribution < -0.4 is 21.1 Å². The minimum Gasteiger partial charge on any atom is -0.508 e. The molecule has 17 nitrogen and oxygen atoms in total. The van der Waals surface area contributed by atoms with Crippen LogP contribution in [0.1, 0.15) is 96.5 Å². The lowest BCUT2D eigenvalue weighted by Crippen LogP contribution is -2.50. The summed E-state index contributed by atoms with van der Waals surface area (Å²) < 4.78 is 7.25. The highest BCUT2D eigenvalue weighted by atomic mass is 16.6. The van der Waals surface area contributed by atoms with Gasteiger partial charge in [-0.05, 0) is 124 Å². The first-order chi connectivity index (χ1) is 32.7. The Hall–Kier alpha value is -7.27. The topological polar surface area (TPSA) is 226 Å². The maximum Gasteiger partial charge on any atom is 0.415 e. The third-order valence-corrected chi connectivity index (χ3v) is 12.9. The average molecular weight is 928 g/mol. The highest BCUT2D eigenvalue weighted by molar-refractivity contribution is 5.97. The van der Waals surface area contributed by atoms with Crippen LogP contribution in [0.3, 0.4) is 0 Å². The Morgan fingerprint density at radius 3 is 2.13 bits per heavy atom. The number of aryl methyl sites for hydroxylation is 1. The van der Waals surface area contributed by atoms with Crippen LogP contribution in [0.4, 0.5) is 4.79 Å². The molecule has 3 heterocycles. The fourth-order valence-electron chi connectivity index (χ4n) is 8.88. The van der Waals surface area contributed by atoms with E-state index < -0.39 is 29.9 Å². The van der Waals surface area contributed by atoms with Crippen molar-refractivity contribution in [3.8, 4) is 34.3 Å². The standard InChI is InChI=1S/C51H61N9O8/c1-5-53-49(65)47-56-55-46(41-29-40(32(2)3)43(61)30-44(41)62)60(47)38-16-11-34(12-17-38)31-58-25-21-36(22-26-58)50(66)59-27-23-37(24-28-59)57(4)51(67)68-39-18-14-35(15-19-39)48(64)54-42(45(52)63)20-13-33-9-7-6-8-10-33/h6-12,14-19,29-30,32,36-37,42,61-62H,5,13,20-28,31H2,1-4H3,(H2,52,63)(H,53,65)(H,54,64)/t42-/m0/s1. The Morgan fingerprint density at radius 1 is 0.824 bits per heavy atom. The Labute approximate surface area is 396 Å². The number of amides is 5. The molecule has 2 fully saturated rings. The molecule has 0 saturated carbocycles. The summed E-state index contributed by atoms with van der Waals surface area (Å²) in [6.45, 7) is 9.34. The van der Waals surface area contributed by atoms with Gasteiger partial charge in [0, 0.05) is 62.5 Å². The number of hydrogen-bond donors (Lipinski definition) is 5. The summed E-state index contributed by atoms with van der Waals surface area (Å²) in [7, 11) is 1.69. The molecule has 5 amide bonds. The number of carbonyl (C=O) groups is 5. The van der Waals surface area contributed by atoms with Gasteiger partial charge in [-0.1, -0.05) is 56.3 Å². The zero-order valence-corrected chi connectivity index (χ0v) is 39.1. The number of likely N-dealkylation sites (tertiary alicyclic amines) is 2. The summed E-state index contributed by atoms with van der Waals surface area (Å²) in [5.41, 5.74) is 9.55. The fourth-order valence-corrected chi connectivity index (χ4v) is 8.88. The minimum atomic E-state index is -0.843. The van der Waals surface area contributed by atoms with E-state index in [-0.39, 0.29) is 52.7 Å².